The third-order valence-corrected chi connectivity index (χ3v) is 23.4. The Labute approximate surface area is 216 Å². The zero-order valence-corrected chi connectivity index (χ0v) is 24.9. The van der Waals surface area contributed by atoms with E-state index in [1.54, 1.807) is 0 Å². The van der Waals surface area contributed by atoms with Crippen molar-refractivity contribution in [3.8, 4) is 6.07 Å². The molecule has 0 aliphatic carbocycles. The molecule has 2 rings (SSSR count). The molecule has 0 radical (unpaired) electrons. The van der Waals surface area contributed by atoms with Crippen molar-refractivity contribution in [1.29, 1.82) is 5.26 Å². The van der Waals surface area contributed by atoms with Crippen molar-refractivity contribution in [3.63, 3.8) is 0 Å². The van der Waals surface area contributed by atoms with Crippen LogP contribution < -0.4 is 0 Å². The molecule has 1 fully saturated rings. The number of benzene rings is 1. The number of carbonyl (C=O) groups is 2. The summed E-state index contributed by atoms with van der Waals surface area (Å²) < 4.78 is 10.1. The molecule has 0 bridgehead atoms. The van der Waals surface area contributed by atoms with Crippen LogP contribution in [-0.2, 0) is 16.0 Å². The Balaban J connectivity index is 2.35. The van der Waals surface area contributed by atoms with Crippen molar-refractivity contribution in [2.45, 2.75) is 95.9 Å². The summed E-state index contributed by atoms with van der Waals surface area (Å²) in [7, 11) is 0. The summed E-state index contributed by atoms with van der Waals surface area (Å²) in [6, 6.07) is 11.8. The second-order valence-electron chi connectivity index (χ2n) is 10.3. The summed E-state index contributed by atoms with van der Waals surface area (Å²) in [6.07, 6.45) is 7.53. The van der Waals surface area contributed by atoms with Crippen LogP contribution in [0.1, 0.15) is 71.3 Å². The molecule has 192 valence electrons. The third-order valence-electron chi connectivity index (χ3n) is 7.37. The Bertz CT molecular complexity index is 843. The first kappa shape index (κ1) is 29.4. The molecular weight excluding hydrogens is 543 g/mol. The van der Waals surface area contributed by atoms with Crippen LogP contribution in [0.4, 0.5) is 4.79 Å². The first-order valence-electron chi connectivity index (χ1n) is 13.5. The van der Waals surface area contributed by atoms with Crippen LogP contribution in [0.5, 0.6) is 0 Å². The molecule has 1 aliphatic heterocycles. The van der Waals surface area contributed by atoms with Gasteiger partial charge in [0.05, 0.1) is 0 Å². The molecule has 0 N–H and O–H groups in total. The Morgan fingerprint density at radius 2 is 1.69 bits per heavy atom. The number of ether oxygens (including phenoxy) is 1. The van der Waals surface area contributed by atoms with E-state index < -0.39 is 24.5 Å². The van der Waals surface area contributed by atoms with Gasteiger partial charge >= 0.3 is 217 Å². The number of rotatable bonds is 16. The van der Waals surface area contributed by atoms with E-state index in [1.807, 2.05) is 30.3 Å². The summed E-state index contributed by atoms with van der Waals surface area (Å²) in [5.41, 5.74) is 1.51. The quantitative estimate of drug-likeness (QED) is 0.148. The van der Waals surface area contributed by atoms with Gasteiger partial charge in [0, 0.05) is 0 Å². The van der Waals surface area contributed by atoms with Crippen LogP contribution in [0.25, 0.3) is 0 Å². The van der Waals surface area contributed by atoms with Gasteiger partial charge in [-0.15, -0.1) is 0 Å². The van der Waals surface area contributed by atoms with E-state index in [2.05, 4.69) is 33.4 Å². The summed E-state index contributed by atoms with van der Waals surface area (Å²) in [6.45, 7) is 10.9. The molecule has 1 heterocycles. The van der Waals surface area contributed by atoms with Crippen molar-refractivity contribution in [1.82, 2.24) is 4.90 Å². The monoisotopic (exact) mass is 588 g/mol. The van der Waals surface area contributed by atoms with Crippen molar-refractivity contribution in [2.75, 3.05) is 6.61 Å². The normalized spacial score (nSPS) is 16.6. The standard InChI is InChI=1S/C17H17N2O3.3C4H9.Sn/c1-12(10-18)8-13(2)16(20)19-15(11-22-17(19)21)9-14-6-4-3-5-7-14;3*1-3-4-2;/h3-7,13,15H,1-2,8-9,11H2;3*1,3-4H2,2H3;/t13?,15-;;;;/m0..../s1. The minimum atomic E-state index is -2.72. The predicted molar refractivity (Wildman–Crippen MR) is 145 cm³/mol. The van der Waals surface area contributed by atoms with Gasteiger partial charge in [0.2, 0.25) is 0 Å². The van der Waals surface area contributed by atoms with Crippen molar-refractivity contribution < 1.29 is 14.3 Å². The van der Waals surface area contributed by atoms with Gasteiger partial charge in [-0.2, -0.15) is 0 Å². The van der Waals surface area contributed by atoms with Gasteiger partial charge in [-0.3, -0.25) is 0 Å². The number of nitrogens with zero attached hydrogens (tertiary/aromatic N) is 2. The van der Waals surface area contributed by atoms with E-state index in [4.69, 9.17) is 4.74 Å². The molecule has 1 saturated heterocycles. The summed E-state index contributed by atoms with van der Waals surface area (Å²) in [5.74, 6) is -0.511. The molecule has 5 nitrogen and oxygen atoms in total. The Hall–Kier alpha value is -1.81. The average molecular weight is 587 g/mol. The van der Waals surface area contributed by atoms with E-state index in [9.17, 15) is 14.9 Å². The zero-order valence-electron chi connectivity index (χ0n) is 22.1. The van der Waals surface area contributed by atoms with Gasteiger partial charge in [0.15, 0.2) is 0 Å². The fourth-order valence-corrected chi connectivity index (χ4v) is 22.6. The van der Waals surface area contributed by atoms with Gasteiger partial charge in [0.1, 0.15) is 0 Å². The Morgan fingerprint density at radius 3 is 2.20 bits per heavy atom. The average Bonchev–Trinajstić information content (AvgIpc) is 3.23. The number of carbonyl (C=O) groups excluding carboxylic acids is 2. The number of hydrogen-bond acceptors (Lipinski definition) is 4. The van der Waals surface area contributed by atoms with E-state index >= 15 is 0 Å². The second-order valence-corrected chi connectivity index (χ2v) is 24.3. The SMILES string of the molecule is C=C(C#N)CC([CH2][Sn]([CH2]CCC)([CH2]CCC)[CH2]CCC)C(=O)N1C(=O)OC[C@@H]1Cc1ccccc1. The second kappa shape index (κ2) is 15.3. The molecule has 1 unspecified atom stereocenters. The molecule has 2 atom stereocenters. The first-order valence-corrected chi connectivity index (χ1v) is 21.6. The number of nitriles is 1. The van der Waals surface area contributed by atoms with E-state index in [0.717, 1.165) is 29.3 Å². The summed E-state index contributed by atoms with van der Waals surface area (Å²) >= 11 is -2.72. The van der Waals surface area contributed by atoms with Crippen LogP contribution in [0.15, 0.2) is 42.5 Å². The van der Waals surface area contributed by atoms with Crippen molar-refractivity contribution in [3.05, 3.63) is 48.0 Å². The number of allylic oxidation sites excluding steroid dienone is 1. The fraction of sp³-hybridized carbons (Fsp3) is 0.621. The zero-order chi connectivity index (χ0) is 25.7. The van der Waals surface area contributed by atoms with Crippen molar-refractivity contribution >= 4 is 30.4 Å². The number of cyclic esters (lactones) is 1. The van der Waals surface area contributed by atoms with Crippen LogP contribution in [0.3, 0.4) is 0 Å². The van der Waals surface area contributed by atoms with Gasteiger partial charge in [0.25, 0.3) is 0 Å². The van der Waals surface area contributed by atoms with Gasteiger partial charge in [-0.1, -0.05) is 0 Å². The Kier molecular flexibility index (Phi) is 12.9. The molecule has 35 heavy (non-hydrogen) atoms. The molecule has 0 spiro atoms. The maximum absolute atomic E-state index is 14.0. The first-order chi connectivity index (χ1) is 16.9. The molecule has 1 aromatic rings. The van der Waals surface area contributed by atoms with E-state index in [1.165, 1.54) is 37.5 Å². The number of hydrogen-bond donors (Lipinski definition) is 0. The van der Waals surface area contributed by atoms with E-state index in [-0.39, 0.29) is 24.5 Å². The van der Waals surface area contributed by atoms with Gasteiger partial charge < -0.3 is 0 Å². The van der Waals surface area contributed by atoms with Gasteiger partial charge in [-0.25, -0.2) is 0 Å². The third kappa shape index (κ3) is 8.97. The Morgan fingerprint density at radius 1 is 1.11 bits per heavy atom. The summed E-state index contributed by atoms with van der Waals surface area (Å²) in [4.78, 5) is 28.2. The molecule has 1 aliphatic rings. The van der Waals surface area contributed by atoms with Crippen LogP contribution in [0.2, 0.25) is 17.7 Å². The summed E-state index contributed by atoms with van der Waals surface area (Å²) in [5, 5.41) is 9.50. The fourth-order valence-electron chi connectivity index (χ4n) is 5.41. The molecule has 0 aromatic heterocycles. The van der Waals surface area contributed by atoms with Crippen molar-refractivity contribution in [2.24, 2.45) is 5.92 Å². The molecule has 6 heteroatoms. The predicted octanol–water partition coefficient (Wildman–Crippen LogP) is 7.51. The molecule has 0 saturated carbocycles. The molecule has 2 amide bonds. The van der Waals surface area contributed by atoms with Gasteiger partial charge in [-0.05, 0) is 0 Å². The van der Waals surface area contributed by atoms with Crippen LogP contribution >= 0.6 is 0 Å². The minimum absolute atomic E-state index is 0.157. The maximum atomic E-state index is 14.0. The van der Waals surface area contributed by atoms with Crippen LogP contribution in [-0.4, -0.2) is 47.9 Å². The molecule has 1 aromatic carbocycles. The molecular formula is C29H44N2O3Sn. The van der Waals surface area contributed by atoms with E-state index in [0.29, 0.717) is 18.4 Å². The topological polar surface area (TPSA) is 70.4 Å². The number of imide groups is 1. The number of unbranched alkanes of at least 4 members (excludes halogenated alkanes) is 3. The number of amides is 2. The van der Waals surface area contributed by atoms with Crippen LogP contribution in [0, 0.1) is 17.2 Å².